The lowest BCUT2D eigenvalue weighted by atomic mass is 10.1. The first-order valence-corrected chi connectivity index (χ1v) is 6.79. The Balaban J connectivity index is 2.27. The standard InChI is InChI=1S/C12H20ClNOS/c1-9(2)11(8-15-3)14-7-6-10-4-5-12(13)16-10/h4-5,9,11,14H,6-8H2,1-3H3. The first-order valence-electron chi connectivity index (χ1n) is 5.60. The molecule has 1 heterocycles. The van der Waals surface area contributed by atoms with Crippen molar-refractivity contribution in [2.75, 3.05) is 20.3 Å². The van der Waals surface area contributed by atoms with E-state index in [0.29, 0.717) is 12.0 Å². The van der Waals surface area contributed by atoms with Crippen LogP contribution >= 0.6 is 22.9 Å². The molecule has 0 saturated carbocycles. The molecule has 0 radical (unpaired) electrons. The molecule has 0 bridgehead atoms. The van der Waals surface area contributed by atoms with Gasteiger partial charge in [0.15, 0.2) is 0 Å². The van der Waals surface area contributed by atoms with Crippen LogP contribution in [0.25, 0.3) is 0 Å². The third-order valence-corrected chi connectivity index (χ3v) is 3.85. The van der Waals surface area contributed by atoms with E-state index in [1.807, 2.05) is 6.07 Å². The molecular formula is C12H20ClNOS. The summed E-state index contributed by atoms with van der Waals surface area (Å²) in [6.07, 6.45) is 1.03. The van der Waals surface area contributed by atoms with Crippen molar-refractivity contribution in [1.82, 2.24) is 5.32 Å². The molecule has 1 aromatic rings. The molecule has 92 valence electrons. The molecule has 0 aromatic carbocycles. The van der Waals surface area contributed by atoms with Crippen molar-refractivity contribution in [2.24, 2.45) is 5.92 Å². The predicted octanol–water partition coefficient (Wildman–Crippen LogP) is 3.20. The zero-order valence-electron chi connectivity index (χ0n) is 10.1. The smallest absolute Gasteiger partial charge is 0.0931 e. The number of thiophene rings is 1. The second-order valence-corrected chi connectivity index (χ2v) is 6.02. The lowest BCUT2D eigenvalue weighted by Gasteiger charge is -2.21. The van der Waals surface area contributed by atoms with Crippen LogP contribution in [0.4, 0.5) is 0 Å². The Kier molecular flexibility index (Phi) is 6.36. The lowest BCUT2D eigenvalue weighted by Crippen LogP contribution is -2.38. The molecule has 0 aliphatic heterocycles. The molecule has 0 aliphatic rings. The first kappa shape index (κ1) is 14.0. The van der Waals surface area contributed by atoms with E-state index in [-0.39, 0.29) is 0 Å². The Hall–Kier alpha value is -0.0900. The van der Waals surface area contributed by atoms with Gasteiger partial charge in [0.2, 0.25) is 0 Å². The van der Waals surface area contributed by atoms with Gasteiger partial charge in [0.1, 0.15) is 0 Å². The van der Waals surface area contributed by atoms with Gasteiger partial charge in [-0.15, -0.1) is 11.3 Å². The molecule has 1 unspecified atom stereocenters. The fourth-order valence-electron chi connectivity index (χ4n) is 1.53. The largest absolute Gasteiger partial charge is 0.383 e. The van der Waals surface area contributed by atoms with Crippen LogP contribution in [0, 0.1) is 5.92 Å². The minimum atomic E-state index is 0.431. The van der Waals surface area contributed by atoms with Gasteiger partial charge in [-0.3, -0.25) is 0 Å². The van der Waals surface area contributed by atoms with Gasteiger partial charge in [0, 0.05) is 24.6 Å². The van der Waals surface area contributed by atoms with Gasteiger partial charge in [-0.05, 0) is 24.5 Å². The normalized spacial score (nSPS) is 13.3. The fourth-order valence-corrected chi connectivity index (χ4v) is 2.62. The Morgan fingerprint density at radius 1 is 1.44 bits per heavy atom. The number of hydrogen-bond acceptors (Lipinski definition) is 3. The van der Waals surface area contributed by atoms with Crippen molar-refractivity contribution < 1.29 is 4.74 Å². The van der Waals surface area contributed by atoms with Gasteiger partial charge in [-0.2, -0.15) is 0 Å². The highest BCUT2D eigenvalue weighted by molar-refractivity contribution is 7.16. The fraction of sp³-hybridized carbons (Fsp3) is 0.667. The number of hydrogen-bond donors (Lipinski definition) is 1. The van der Waals surface area contributed by atoms with Crippen LogP contribution in [0.2, 0.25) is 4.34 Å². The molecule has 1 aromatic heterocycles. The molecule has 0 aliphatic carbocycles. The first-order chi connectivity index (χ1) is 7.63. The van der Waals surface area contributed by atoms with Crippen molar-refractivity contribution in [1.29, 1.82) is 0 Å². The van der Waals surface area contributed by atoms with Crippen LogP contribution in [0.15, 0.2) is 12.1 Å². The van der Waals surface area contributed by atoms with Crippen LogP contribution in [0.1, 0.15) is 18.7 Å². The van der Waals surface area contributed by atoms with Crippen molar-refractivity contribution >= 4 is 22.9 Å². The average molecular weight is 262 g/mol. The summed E-state index contributed by atoms with van der Waals surface area (Å²) < 4.78 is 6.06. The number of rotatable bonds is 7. The maximum absolute atomic E-state index is 5.88. The van der Waals surface area contributed by atoms with Crippen molar-refractivity contribution in [3.05, 3.63) is 21.3 Å². The predicted molar refractivity (Wildman–Crippen MR) is 71.5 cm³/mol. The molecule has 2 nitrogen and oxygen atoms in total. The Morgan fingerprint density at radius 2 is 2.19 bits per heavy atom. The number of nitrogens with one attached hydrogen (secondary N) is 1. The summed E-state index contributed by atoms with van der Waals surface area (Å²) >= 11 is 7.54. The van der Waals surface area contributed by atoms with Crippen LogP contribution in [-0.2, 0) is 11.2 Å². The maximum atomic E-state index is 5.88. The number of methoxy groups -OCH3 is 1. The molecule has 1 atom stereocenters. The van der Waals surface area contributed by atoms with Gasteiger partial charge in [-0.1, -0.05) is 25.4 Å². The summed E-state index contributed by atoms with van der Waals surface area (Å²) in [5, 5.41) is 3.52. The van der Waals surface area contributed by atoms with Crippen LogP contribution in [-0.4, -0.2) is 26.3 Å². The SMILES string of the molecule is COCC(NCCc1ccc(Cl)s1)C(C)C. The van der Waals surface area contributed by atoms with Gasteiger partial charge in [-0.25, -0.2) is 0 Å². The van der Waals surface area contributed by atoms with Gasteiger partial charge < -0.3 is 10.1 Å². The Morgan fingerprint density at radius 3 is 2.69 bits per heavy atom. The van der Waals surface area contributed by atoms with E-state index in [1.165, 1.54) is 4.88 Å². The van der Waals surface area contributed by atoms with E-state index in [1.54, 1.807) is 18.4 Å². The minimum absolute atomic E-state index is 0.431. The highest BCUT2D eigenvalue weighted by Crippen LogP contribution is 2.21. The van der Waals surface area contributed by atoms with E-state index >= 15 is 0 Å². The molecule has 1 N–H and O–H groups in total. The zero-order valence-corrected chi connectivity index (χ0v) is 11.7. The van der Waals surface area contributed by atoms with Crippen LogP contribution < -0.4 is 5.32 Å². The zero-order chi connectivity index (χ0) is 12.0. The van der Waals surface area contributed by atoms with Crippen LogP contribution in [0.3, 0.4) is 0 Å². The monoisotopic (exact) mass is 261 g/mol. The quantitative estimate of drug-likeness (QED) is 0.814. The van der Waals surface area contributed by atoms with Gasteiger partial charge >= 0.3 is 0 Å². The average Bonchev–Trinajstić information content (AvgIpc) is 2.63. The van der Waals surface area contributed by atoms with Crippen molar-refractivity contribution in [2.45, 2.75) is 26.3 Å². The van der Waals surface area contributed by atoms with Crippen molar-refractivity contribution in [3.63, 3.8) is 0 Å². The Labute approximate surface area is 107 Å². The highest BCUT2D eigenvalue weighted by Gasteiger charge is 2.11. The van der Waals surface area contributed by atoms with Crippen molar-refractivity contribution in [3.8, 4) is 0 Å². The second-order valence-electron chi connectivity index (χ2n) is 4.22. The summed E-state index contributed by atoms with van der Waals surface area (Å²) in [6.45, 7) is 6.16. The third-order valence-electron chi connectivity index (χ3n) is 2.56. The van der Waals surface area contributed by atoms with E-state index in [0.717, 1.165) is 23.9 Å². The molecule has 4 heteroatoms. The molecule has 0 saturated heterocycles. The second kappa shape index (κ2) is 7.28. The molecule has 0 amide bonds. The third kappa shape index (κ3) is 4.83. The van der Waals surface area contributed by atoms with E-state index in [4.69, 9.17) is 16.3 Å². The van der Waals surface area contributed by atoms with Gasteiger partial charge in [0.05, 0.1) is 10.9 Å². The Bertz CT molecular complexity index is 301. The molecule has 16 heavy (non-hydrogen) atoms. The molecule has 1 rings (SSSR count). The molecular weight excluding hydrogens is 242 g/mol. The van der Waals surface area contributed by atoms with Gasteiger partial charge in [0.25, 0.3) is 0 Å². The van der Waals surface area contributed by atoms with E-state index in [9.17, 15) is 0 Å². The van der Waals surface area contributed by atoms with Crippen LogP contribution in [0.5, 0.6) is 0 Å². The van der Waals surface area contributed by atoms with E-state index in [2.05, 4.69) is 25.2 Å². The van der Waals surface area contributed by atoms with E-state index < -0.39 is 0 Å². The maximum Gasteiger partial charge on any atom is 0.0931 e. The number of ether oxygens (including phenoxy) is 1. The molecule has 0 fully saturated rings. The summed E-state index contributed by atoms with van der Waals surface area (Å²) in [4.78, 5) is 1.33. The summed E-state index contributed by atoms with van der Waals surface area (Å²) in [7, 11) is 1.75. The molecule has 0 spiro atoms. The summed E-state index contributed by atoms with van der Waals surface area (Å²) in [5.41, 5.74) is 0. The summed E-state index contributed by atoms with van der Waals surface area (Å²) in [5.74, 6) is 0.590. The number of halogens is 1. The summed E-state index contributed by atoms with van der Waals surface area (Å²) in [6, 6.07) is 4.48. The lowest BCUT2D eigenvalue weighted by molar-refractivity contribution is 0.147. The topological polar surface area (TPSA) is 21.3 Å². The highest BCUT2D eigenvalue weighted by atomic mass is 35.5. The minimum Gasteiger partial charge on any atom is -0.383 e.